The number of hydrogen-bond donors (Lipinski definition) is 1. The van der Waals surface area contributed by atoms with E-state index in [-0.39, 0.29) is 6.04 Å². The molecule has 0 radical (unpaired) electrons. The molecule has 0 saturated heterocycles. The third kappa shape index (κ3) is 5.07. The fourth-order valence-electron chi connectivity index (χ4n) is 1.35. The summed E-state index contributed by atoms with van der Waals surface area (Å²) in [5.74, 6) is 0.605. The summed E-state index contributed by atoms with van der Waals surface area (Å²) < 4.78 is 5.19. The molecule has 0 aromatic carbocycles. The molecule has 0 aliphatic rings. The number of nitrogens with one attached hydrogen (secondary N) is 1. The van der Waals surface area contributed by atoms with Gasteiger partial charge in [0.2, 0.25) is 0 Å². The molecule has 1 unspecified atom stereocenters. The highest BCUT2D eigenvalue weighted by Crippen LogP contribution is 2.13. The van der Waals surface area contributed by atoms with Gasteiger partial charge in [0.25, 0.3) is 0 Å². The Hall–Kier alpha value is -1.91. The van der Waals surface area contributed by atoms with Crippen LogP contribution in [0.5, 0.6) is 0 Å². The Morgan fingerprint density at radius 3 is 2.32 bits per heavy atom. The molecule has 1 aromatic rings. The largest absolute Gasteiger partial charge is 0.444 e. The SMILES string of the molecule is C=C(C)c1ncc(C(C)NC(=O)OC(C)(C)C)cn1. The number of rotatable bonds is 3. The molecule has 5 heteroatoms. The average Bonchev–Trinajstić information content (AvgIpc) is 2.26. The van der Waals surface area contributed by atoms with E-state index < -0.39 is 11.7 Å². The van der Waals surface area contributed by atoms with Crippen LogP contribution >= 0.6 is 0 Å². The van der Waals surface area contributed by atoms with Gasteiger partial charge in [0.15, 0.2) is 5.82 Å². The van der Waals surface area contributed by atoms with Crippen molar-refractivity contribution < 1.29 is 9.53 Å². The lowest BCUT2D eigenvalue weighted by Crippen LogP contribution is -2.34. The summed E-state index contributed by atoms with van der Waals surface area (Å²) in [7, 11) is 0. The second-order valence-corrected chi connectivity index (χ2v) is 5.49. The van der Waals surface area contributed by atoms with Gasteiger partial charge in [-0.3, -0.25) is 0 Å². The smallest absolute Gasteiger partial charge is 0.408 e. The van der Waals surface area contributed by atoms with Gasteiger partial charge in [0.05, 0.1) is 6.04 Å². The molecule has 19 heavy (non-hydrogen) atoms. The van der Waals surface area contributed by atoms with Gasteiger partial charge in [-0.25, -0.2) is 14.8 Å². The summed E-state index contributed by atoms with van der Waals surface area (Å²) in [6, 6.07) is -0.214. The first kappa shape index (κ1) is 15.1. The summed E-state index contributed by atoms with van der Waals surface area (Å²) in [5, 5.41) is 2.74. The van der Waals surface area contributed by atoms with Crippen LogP contribution < -0.4 is 5.32 Å². The predicted molar refractivity (Wildman–Crippen MR) is 74.5 cm³/mol. The minimum absolute atomic E-state index is 0.214. The van der Waals surface area contributed by atoms with Crippen LogP contribution in [0.15, 0.2) is 19.0 Å². The Balaban J connectivity index is 2.65. The average molecular weight is 263 g/mol. The highest BCUT2D eigenvalue weighted by molar-refractivity contribution is 5.68. The summed E-state index contributed by atoms with van der Waals surface area (Å²) >= 11 is 0. The number of carbonyl (C=O) groups is 1. The van der Waals surface area contributed by atoms with Crippen LogP contribution in [0.25, 0.3) is 5.57 Å². The second kappa shape index (κ2) is 5.82. The van der Waals surface area contributed by atoms with E-state index in [4.69, 9.17) is 4.74 Å². The van der Waals surface area contributed by atoms with Crippen molar-refractivity contribution in [1.82, 2.24) is 15.3 Å². The summed E-state index contributed by atoms with van der Waals surface area (Å²) in [6.07, 6.45) is 2.90. The maximum atomic E-state index is 11.6. The molecule has 1 aromatic heterocycles. The van der Waals surface area contributed by atoms with Gasteiger partial charge in [0.1, 0.15) is 5.60 Å². The van der Waals surface area contributed by atoms with Gasteiger partial charge in [0, 0.05) is 18.0 Å². The minimum atomic E-state index is -0.510. The van der Waals surface area contributed by atoms with E-state index in [9.17, 15) is 4.79 Å². The van der Waals surface area contributed by atoms with Crippen LogP contribution in [0.3, 0.4) is 0 Å². The molecule has 0 saturated carbocycles. The lowest BCUT2D eigenvalue weighted by molar-refractivity contribution is 0.0508. The Morgan fingerprint density at radius 2 is 1.89 bits per heavy atom. The van der Waals surface area contributed by atoms with Crippen molar-refractivity contribution in [3.8, 4) is 0 Å². The highest BCUT2D eigenvalue weighted by atomic mass is 16.6. The summed E-state index contributed by atoms with van der Waals surface area (Å²) in [4.78, 5) is 20.0. The lowest BCUT2D eigenvalue weighted by Gasteiger charge is -2.21. The number of carbonyl (C=O) groups excluding carboxylic acids is 1. The Labute approximate surface area is 114 Å². The minimum Gasteiger partial charge on any atom is -0.444 e. The van der Waals surface area contributed by atoms with Crippen LogP contribution in [0, 0.1) is 0 Å². The van der Waals surface area contributed by atoms with Crippen molar-refractivity contribution in [3.05, 3.63) is 30.4 Å². The van der Waals surface area contributed by atoms with Crippen LogP contribution in [-0.2, 0) is 4.74 Å². The lowest BCUT2D eigenvalue weighted by atomic mass is 10.2. The van der Waals surface area contributed by atoms with Gasteiger partial charge >= 0.3 is 6.09 Å². The van der Waals surface area contributed by atoms with E-state index in [1.165, 1.54) is 0 Å². The molecule has 1 atom stereocenters. The Morgan fingerprint density at radius 1 is 1.37 bits per heavy atom. The van der Waals surface area contributed by atoms with Gasteiger partial charge in [-0.1, -0.05) is 6.58 Å². The zero-order valence-electron chi connectivity index (χ0n) is 12.2. The maximum Gasteiger partial charge on any atom is 0.408 e. The normalized spacial score (nSPS) is 12.7. The van der Waals surface area contributed by atoms with E-state index in [0.717, 1.165) is 11.1 Å². The fraction of sp³-hybridized carbons (Fsp3) is 0.500. The number of alkyl carbamates (subject to hydrolysis) is 1. The van der Waals surface area contributed by atoms with Crippen molar-refractivity contribution in [1.29, 1.82) is 0 Å². The van der Waals surface area contributed by atoms with E-state index in [1.807, 2.05) is 34.6 Å². The molecule has 1 N–H and O–H groups in total. The Bertz CT molecular complexity index is 461. The predicted octanol–water partition coefficient (Wildman–Crippen LogP) is 3.10. The summed E-state index contributed by atoms with van der Waals surface area (Å²) in [5.41, 5.74) is 1.11. The molecule has 104 valence electrons. The topological polar surface area (TPSA) is 64.1 Å². The van der Waals surface area contributed by atoms with Crippen molar-refractivity contribution in [2.45, 2.75) is 46.3 Å². The van der Waals surface area contributed by atoms with Crippen molar-refractivity contribution in [3.63, 3.8) is 0 Å². The molecule has 0 spiro atoms. The number of allylic oxidation sites excluding steroid dienone is 1. The van der Waals surface area contributed by atoms with Crippen LogP contribution in [0.1, 0.15) is 52.0 Å². The van der Waals surface area contributed by atoms with Crippen molar-refractivity contribution >= 4 is 11.7 Å². The van der Waals surface area contributed by atoms with E-state index in [0.29, 0.717) is 5.82 Å². The van der Waals surface area contributed by atoms with Gasteiger partial charge in [-0.05, 0) is 40.2 Å². The number of aromatic nitrogens is 2. The Kier molecular flexibility index (Phi) is 4.64. The first-order valence-corrected chi connectivity index (χ1v) is 6.16. The van der Waals surface area contributed by atoms with Crippen LogP contribution in [0.4, 0.5) is 4.79 Å². The molecule has 0 aliphatic heterocycles. The zero-order valence-corrected chi connectivity index (χ0v) is 12.2. The molecule has 5 nitrogen and oxygen atoms in total. The van der Waals surface area contributed by atoms with Gasteiger partial charge < -0.3 is 10.1 Å². The molecule has 0 bridgehead atoms. The van der Waals surface area contributed by atoms with Crippen LogP contribution in [-0.4, -0.2) is 21.7 Å². The number of hydrogen-bond acceptors (Lipinski definition) is 4. The third-order valence-electron chi connectivity index (χ3n) is 2.29. The maximum absolute atomic E-state index is 11.6. The molecule has 1 amide bonds. The monoisotopic (exact) mass is 263 g/mol. The second-order valence-electron chi connectivity index (χ2n) is 5.49. The van der Waals surface area contributed by atoms with Crippen molar-refractivity contribution in [2.75, 3.05) is 0 Å². The first-order chi connectivity index (χ1) is 8.69. The summed E-state index contributed by atoms with van der Waals surface area (Å²) in [6.45, 7) is 12.9. The first-order valence-electron chi connectivity index (χ1n) is 6.16. The standard InChI is InChI=1S/C14H21N3O2/c1-9(2)12-15-7-11(8-16-12)10(3)17-13(18)19-14(4,5)6/h7-8,10H,1H2,2-6H3,(H,17,18). The van der Waals surface area contributed by atoms with Gasteiger partial charge in [-0.2, -0.15) is 0 Å². The quantitative estimate of drug-likeness (QED) is 0.910. The van der Waals surface area contributed by atoms with E-state index in [1.54, 1.807) is 12.4 Å². The molecule has 1 rings (SSSR count). The molecule has 1 heterocycles. The van der Waals surface area contributed by atoms with E-state index >= 15 is 0 Å². The highest BCUT2D eigenvalue weighted by Gasteiger charge is 2.18. The fourth-order valence-corrected chi connectivity index (χ4v) is 1.35. The number of nitrogens with zero attached hydrogens (tertiary/aromatic N) is 2. The van der Waals surface area contributed by atoms with Crippen molar-refractivity contribution in [2.24, 2.45) is 0 Å². The third-order valence-corrected chi connectivity index (χ3v) is 2.29. The number of ether oxygens (including phenoxy) is 1. The molecule has 0 fully saturated rings. The van der Waals surface area contributed by atoms with E-state index in [2.05, 4.69) is 21.9 Å². The number of amides is 1. The van der Waals surface area contributed by atoms with Crippen LogP contribution in [0.2, 0.25) is 0 Å². The van der Waals surface area contributed by atoms with Gasteiger partial charge in [-0.15, -0.1) is 0 Å². The molecular weight excluding hydrogens is 242 g/mol. The zero-order chi connectivity index (χ0) is 14.6. The molecular formula is C14H21N3O2. The molecule has 0 aliphatic carbocycles.